The predicted molar refractivity (Wildman–Crippen MR) is 183 cm³/mol. The molecule has 0 amide bonds. The smallest absolute Gasteiger partial charge is 0.236 e. The third-order valence-corrected chi connectivity index (χ3v) is 8.94. The molecule has 0 aliphatic carbocycles. The number of fused-ring (bicyclic) bond motifs is 10. The minimum atomic E-state index is 0.614. The van der Waals surface area contributed by atoms with Gasteiger partial charge in [-0.1, -0.05) is 103 Å². The Morgan fingerprint density at radius 1 is 0.467 bits per heavy atom. The molecule has 10 rings (SSSR count). The molecule has 0 aliphatic heterocycles. The van der Waals surface area contributed by atoms with Gasteiger partial charge in [0, 0.05) is 38.2 Å². The summed E-state index contributed by atoms with van der Waals surface area (Å²) >= 11 is 0. The van der Waals surface area contributed by atoms with Crippen molar-refractivity contribution in [3.05, 3.63) is 146 Å². The van der Waals surface area contributed by atoms with Gasteiger partial charge < -0.3 is 8.98 Å². The van der Waals surface area contributed by atoms with Crippen LogP contribution in [0.25, 0.3) is 88.6 Å². The van der Waals surface area contributed by atoms with Crippen molar-refractivity contribution in [2.24, 2.45) is 0 Å². The van der Waals surface area contributed by atoms with E-state index in [4.69, 9.17) is 14.4 Å². The van der Waals surface area contributed by atoms with Crippen molar-refractivity contribution in [1.82, 2.24) is 19.1 Å². The highest BCUT2D eigenvalue weighted by Gasteiger charge is 2.24. The fourth-order valence-electron chi connectivity index (χ4n) is 7.04. The van der Waals surface area contributed by atoms with Crippen molar-refractivity contribution >= 4 is 65.7 Å². The van der Waals surface area contributed by atoms with Gasteiger partial charge in [0.25, 0.3) is 0 Å². The van der Waals surface area contributed by atoms with Gasteiger partial charge in [-0.25, -0.2) is 9.97 Å². The SMILES string of the molecule is c1ccc(-c2nc(-n3c4ccccc4c4ccc5c(c6ccccc6n5-c5ccccc5)c43)nc3c2oc2ccccc23)cc1. The number of hydrogen-bond acceptors (Lipinski definition) is 3. The Labute approximate surface area is 257 Å². The molecule has 4 heterocycles. The molecule has 0 spiro atoms. The molecular weight excluding hydrogens is 552 g/mol. The largest absolute Gasteiger partial charge is 0.452 e. The molecule has 45 heavy (non-hydrogen) atoms. The Kier molecular flexibility index (Phi) is 4.93. The van der Waals surface area contributed by atoms with E-state index in [-0.39, 0.29) is 0 Å². The maximum Gasteiger partial charge on any atom is 0.236 e. The third kappa shape index (κ3) is 3.38. The zero-order valence-electron chi connectivity index (χ0n) is 24.1. The van der Waals surface area contributed by atoms with Gasteiger partial charge in [0.2, 0.25) is 5.95 Å². The van der Waals surface area contributed by atoms with E-state index < -0.39 is 0 Å². The van der Waals surface area contributed by atoms with Crippen LogP contribution in [0, 0.1) is 0 Å². The number of nitrogens with zero attached hydrogens (tertiary/aromatic N) is 4. The highest BCUT2D eigenvalue weighted by Crippen LogP contribution is 2.42. The first kappa shape index (κ1) is 24.3. The summed E-state index contributed by atoms with van der Waals surface area (Å²) < 4.78 is 11.0. The van der Waals surface area contributed by atoms with Crippen LogP contribution < -0.4 is 0 Å². The van der Waals surface area contributed by atoms with Crippen LogP contribution in [0.15, 0.2) is 150 Å². The molecule has 0 unspecified atom stereocenters. The molecule has 0 N–H and O–H groups in total. The van der Waals surface area contributed by atoms with Crippen LogP contribution >= 0.6 is 0 Å². The molecule has 0 radical (unpaired) electrons. The quantitative estimate of drug-likeness (QED) is 0.210. The average molecular weight is 577 g/mol. The normalized spacial score (nSPS) is 12.0. The first-order valence-electron chi connectivity index (χ1n) is 15.1. The summed E-state index contributed by atoms with van der Waals surface area (Å²) in [6, 6.07) is 50.6. The van der Waals surface area contributed by atoms with Crippen LogP contribution in [0.3, 0.4) is 0 Å². The lowest BCUT2D eigenvalue weighted by atomic mass is 10.1. The summed E-state index contributed by atoms with van der Waals surface area (Å²) in [6.07, 6.45) is 0. The van der Waals surface area contributed by atoms with Crippen LogP contribution in [-0.2, 0) is 0 Å². The topological polar surface area (TPSA) is 48.8 Å². The van der Waals surface area contributed by atoms with Crippen molar-refractivity contribution in [2.45, 2.75) is 0 Å². The molecule has 0 bridgehead atoms. The van der Waals surface area contributed by atoms with Gasteiger partial charge >= 0.3 is 0 Å². The second kappa shape index (κ2) is 9.15. The summed E-state index contributed by atoms with van der Waals surface area (Å²) in [6.45, 7) is 0. The summed E-state index contributed by atoms with van der Waals surface area (Å²) in [7, 11) is 0. The molecule has 4 aromatic heterocycles. The summed E-state index contributed by atoms with van der Waals surface area (Å²) in [5.41, 5.74) is 9.62. The molecule has 5 heteroatoms. The van der Waals surface area contributed by atoms with Crippen molar-refractivity contribution < 1.29 is 4.42 Å². The highest BCUT2D eigenvalue weighted by atomic mass is 16.3. The van der Waals surface area contributed by atoms with E-state index in [9.17, 15) is 0 Å². The lowest BCUT2D eigenvalue weighted by molar-refractivity contribution is 0.666. The summed E-state index contributed by atoms with van der Waals surface area (Å²) in [5, 5.41) is 5.65. The molecule has 5 nitrogen and oxygen atoms in total. The fourth-order valence-corrected chi connectivity index (χ4v) is 7.04. The number of benzene rings is 6. The van der Waals surface area contributed by atoms with Crippen LogP contribution in [0.2, 0.25) is 0 Å². The van der Waals surface area contributed by atoms with Gasteiger partial charge in [-0.05, 0) is 42.5 Å². The van der Waals surface area contributed by atoms with E-state index in [0.717, 1.165) is 66.3 Å². The molecule has 0 atom stereocenters. The molecule has 0 fully saturated rings. The van der Waals surface area contributed by atoms with E-state index in [2.05, 4.69) is 118 Å². The van der Waals surface area contributed by atoms with E-state index in [1.807, 2.05) is 36.4 Å². The molecule has 10 aromatic rings. The maximum absolute atomic E-state index is 6.43. The number of rotatable bonds is 3. The van der Waals surface area contributed by atoms with Gasteiger partial charge in [-0.3, -0.25) is 4.57 Å². The minimum absolute atomic E-state index is 0.614. The number of para-hydroxylation sites is 4. The molecule has 210 valence electrons. The predicted octanol–water partition coefficient (Wildman–Crippen LogP) is 10.2. The Bertz CT molecular complexity index is 2750. The molecule has 6 aromatic carbocycles. The zero-order chi connectivity index (χ0) is 29.5. The van der Waals surface area contributed by atoms with E-state index in [0.29, 0.717) is 11.5 Å². The van der Waals surface area contributed by atoms with Crippen molar-refractivity contribution in [3.8, 4) is 22.9 Å². The second-order valence-electron chi connectivity index (χ2n) is 11.4. The van der Waals surface area contributed by atoms with Gasteiger partial charge in [0.15, 0.2) is 5.58 Å². The molecule has 0 saturated heterocycles. The van der Waals surface area contributed by atoms with Crippen molar-refractivity contribution in [2.75, 3.05) is 0 Å². The monoisotopic (exact) mass is 576 g/mol. The molecular formula is C40H24N4O. The van der Waals surface area contributed by atoms with Crippen molar-refractivity contribution in [3.63, 3.8) is 0 Å². The van der Waals surface area contributed by atoms with Crippen LogP contribution in [-0.4, -0.2) is 19.1 Å². The second-order valence-corrected chi connectivity index (χ2v) is 11.4. The first-order chi connectivity index (χ1) is 22.3. The van der Waals surface area contributed by atoms with E-state index >= 15 is 0 Å². The van der Waals surface area contributed by atoms with Crippen LogP contribution in [0.1, 0.15) is 0 Å². The number of aromatic nitrogens is 4. The Hall–Kier alpha value is -6.20. The van der Waals surface area contributed by atoms with Crippen LogP contribution in [0.5, 0.6) is 0 Å². The first-order valence-corrected chi connectivity index (χ1v) is 15.1. The van der Waals surface area contributed by atoms with E-state index in [1.54, 1.807) is 0 Å². The highest BCUT2D eigenvalue weighted by molar-refractivity contribution is 6.26. The number of hydrogen-bond donors (Lipinski definition) is 0. The molecule has 0 saturated carbocycles. The fraction of sp³-hybridized carbons (Fsp3) is 0. The van der Waals surface area contributed by atoms with E-state index in [1.165, 1.54) is 10.8 Å². The van der Waals surface area contributed by atoms with Crippen LogP contribution in [0.4, 0.5) is 0 Å². The Morgan fingerprint density at radius 3 is 1.91 bits per heavy atom. The van der Waals surface area contributed by atoms with Crippen molar-refractivity contribution in [1.29, 1.82) is 0 Å². The Balaban J connectivity index is 1.42. The minimum Gasteiger partial charge on any atom is -0.452 e. The van der Waals surface area contributed by atoms with Gasteiger partial charge in [0.1, 0.15) is 16.8 Å². The standard InChI is InChI=1S/C40H24N4O/c1-3-13-25(14-4-1)36-39-37(30-19-9-12-22-34(30)45-39)42-40(41-36)44-31-20-10-7-17-27(31)28-23-24-33-35(38(28)44)29-18-8-11-21-32(29)43(33)26-15-5-2-6-16-26/h1-24H. The maximum atomic E-state index is 6.43. The summed E-state index contributed by atoms with van der Waals surface area (Å²) in [5.74, 6) is 0.614. The third-order valence-electron chi connectivity index (χ3n) is 8.94. The lowest BCUT2D eigenvalue weighted by Gasteiger charge is -2.10. The lowest BCUT2D eigenvalue weighted by Crippen LogP contribution is -2.03. The zero-order valence-corrected chi connectivity index (χ0v) is 24.1. The summed E-state index contributed by atoms with van der Waals surface area (Å²) in [4.78, 5) is 10.6. The Morgan fingerprint density at radius 2 is 1.11 bits per heavy atom. The number of furan rings is 1. The van der Waals surface area contributed by atoms with Gasteiger partial charge in [-0.2, -0.15) is 0 Å². The average Bonchev–Trinajstić information content (AvgIpc) is 3.76. The molecule has 0 aliphatic rings. The van der Waals surface area contributed by atoms with Gasteiger partial charge in [-0.15, -0.1) is 0 Å². The van der Waals surface area contributed by atoms with Gasteiger partial charge in [0.05, 0.1) is 22.1 Å².